The summed E-state index contributed by atoms with van der Waals surface area (Å²) < 4.78 is 1.97. The summed E-state index contributed by atoms with van der Waals surface area (Å²) in [5.41, 5.74) is 2.66. The summed E-state index contributed by atoms with van der Waals surface area (Å²) in [6.07, 6.45) is 0.212. The van der Waals surface area contributed by atoms with Crippen LogP contribution in [0.5, 0.6) is 0 Å². The molecule has 6 heteroatoms. The van der Waals surface area contributed by atoms with Crippen LogP contribution in [-0.4, -0.2) is 15.5 Å². The molecule has 0 aliphatic heterocycles. The number of fused-ring (bicyclic) bond motifs is 1. The summed E-state index contributed by atoms with van der Waals surface area (Å²) in [7, 11) is 0. The number of aryl methyl sites for hydroxylation is 1. The molecule has 0 bridgehead atoms. The number of benzene rings is 2. The van der Waals surface area contributed by atoms with E-state index < -0.39 is 0 Å². The zero-order valence-electron chi connectivity index (χ0n) is 12.5. The fourth-order valence-electron chi connectivity index (χ4n) is 2.49. The standard InChI is InChI=1S/C17H15Cl2N3O/c1-2-22-15-6-4-3-5-14(15)20-17(22)21-16(23)10-11-7-8-12(18)13(19)9-11/h3-9H,2,10H2,1H3,(H,20,21,23). The van der Waals surface area contributed by atoms with E-state index in [4.69, 9.17) is 23.2 Å². The molecule has 23 heavy (non-hydrogen) atoms. The molecule has 4 nitrogen and oxygen atoms in total. The molecule has 2 aromatic carbocycles. The van der Waals surface area contributed by atoms with Crippen LogP contribution in [0.2, 0.25) is 10.0 Å². The van der Waals surface area contributed by atoms with Crippen molar-refractivity contribution >= 4 is 46.1 Å². The predicted octanol–water partition coefficient (Wildman–Crippen LogP) is 4.54. The summed E-state index contributed by atoms with van der Waals surface area (Å²) in [5, 5.41) is 3.79. The number of nitrogens with one attached hydrogen (secondary N) is 1. The Morgan fingerprint density at radius 1 is 1.17 bits per heavy atom. The van der Waals surface area contributed by atoms with Gasteiger partial charge in [-0.25, -0.2) is 4.98 Å². The van der Waals surface area contributed by atoms with Crippen molar-refractivity contribution in [3.05, 3.63) is 58.1 Å². The van der Waals surface area contributed by atoms with Gasteiger partial charge in [-0.2, -0.15) is 0 Å². The van der Waals surface area contributed by atoms with Gasteiger partial charge < -0.3 is 4.57 Å². The molecule has 3 rings (SSSR count). The summed E-state index contributed by atoms with van der Waals surface area (Å²) in [5.74, 6) is 0.409. The van der Waals surface area contributed by atoms with Crippen LogP contribution >= 0.6 is 23.2 Å². The van der Waals surface area contributed by atoms with Gasteiger partial charge in [0.15, 0.2) is 0 Å². The minimum absolute atomic E-state index is 0.145. The van der Waals surface area contributed by atoms with E-state index in [1.165, 1.54) is 0 Å². The quantitative estimate of drug-likeness (QED) is 0.752. The van der Waals surface area contributed by atoms with Crippen molar-refractivity contribution in [2.45, 2.75) is 19.9 Å². The third-order valence-electron chi connectivity index (χ3n) is 3.57. The Morgan fingerprint density at radius 2 is 1.96 bits per heavy atom. The van der Waals surface area contributed by atoms with E-state index in [0.29, 0.717) is 16.0 Å². The third-order valence-corrected chi connectivity index (χ3v) is 4.31. The Bertz CT molecular complexity index is 873. The second-order valence-corrected chi connectivity index (χ2v) is 5.96. The van der Waals surface area contributed by atoms with Crippen LogP contribution in [0.4, 0.5) is 5.95 Å². The Morgan fingerprint density at radius 3 is 2.70 bits per heavy atom. The molecule has 0 unspecified atom stereocenters. The molecule has 0 aliphatic carbocycles. The molecular weight excluding hydrogens is 333 g/mol. The molecular formula is C17H15Cl2N3O. The Kier molecular flexibility index (Phi) is 4.55. The number of imidazole rings is 1. The van der Waals surface area contributed by atoms with Gasteiger partial charge in [-0.1, -0.05) is 41.4 Å². The molecule has 0 atom stereocenters. The van der Waals surface area contributed by atoms with Crippen molar-refractivity contribution in [2.24, 2.45) is 0 Å². The van der Waals surface area contributed by atoms with E-state index in [2.05, 4.69) is 10.3 Å². The molecule has 0 spiro atoms. The zero-order valence-corrected chi connectivity index (χ0v) is 14.0. The number of hydrogen-bond donors (Lipinski definition) is 1. The predicted molar refractivity (Wildman–Crippen MR) is 94.2 cm³/mol. The summed E-state index contributed by atoms with van der Waals surface area (Å²) in [6.45, 7) is 2.74. The minimum Gasteiger partial charge on any atom is -0.310 e. The SMILES string of the molecule is CCn1c(NC(=O)Cc2ccc(Cl)c(Cl)c2)nc2ccccc21. The molecule has 1 heterocycles. The maximum absolute atomic E-state index is 12.3. The zero-order chi connectivity index (χ0) is 16.4. The highest BCUT2D eigenvalue weighted by Crippen LogP contribution is 2.23. The van der Waals surface area contributed by atoms with Gasteiger partial charge in [0.2, 0.25) is 11.9 Å². The number of rotatable bonds is 4. The monoisotopic (exact) mass is 347 g/mol. The van der Waals surface area contributed by atoms with Gasteiger partial charge in [0.1, 0.15) is 0 Å². The Balaban J connectivity index is 1.81. The van der Waals surface area contributed by atoms with E-state index in [1.54, 1.807) is 18.2 Å². The fourth-order valence-corrected chi connectivity index (χ4v) is 2.82. The number of carbonyl (C=O) groups is 1. The number of para-hydroxylation sites is 2. The first-order valence-electron chi connectivity index (χ1n) is 7.27. The van der Waals surface area contributed by atoms with Crippen molar-refractivity contribution in [2.75, 3.05) is 5.32 Å². The lowest BCUT2D eigenvalue weighted by molar-refractivity contribution is -0.115. The van der Waals surface area contributed by atoms with Gasteiger partial charge in [0, 0.05) is 6.54 Å². The van der Waals surface area contributed by atoms with Crippen LogP contribution in [-0.2, 0) is 17.8 Å². The first-order valence-corrected chi connectivity index (χ1v) is 8.03. The van der Waals surface area contributed by atoms with Gasteiger partial charge in [-0.05, 0) is 36.8 Å². The number of hydrogen-bond acceptors (Lipinski definition) is 2. The molecule has 1 aromatic heterocycles. The molecule has 0 saturated heterocycles. The van der Waals surface area contributed by atoms with Crippen molar-refractivity contribution in [1.82, 2.24) is 9.55 Å². The van der Waals surface area contributed by atoms with E-state index in [1.807, 2.05) is 35.8 Å². The highest BCUT2D eigenvalue weighted by Gasteiger charge is 2.12. The highest BCUT2D eigenvalue weighted by molar-refractivity contribution is 6.42. The maximum Gasteiger partial charge on any atom is 0.231 e. The summed E-state index contributed by atoms with van der Waals surface area (Å²) in [6, 6.07) is 13.0. The molecule has 1 amide bonds. The number of aromatic nitrogens is 2. The molecule has 3 aromatic rings. The van der Waals surface area contributed by atoms with Gasteiger partial charge in [-0.3, -0.25) is 10.1 Å². The molecule has 0 aliphatic rings. The van der Waals surface area contributed by atoms with Crippen molar-refractivity contribution in [3.63, 3.8) is 0 Å². The van der Waals surface area contributed by atoms with Gasteiger partial charge in [0.05, 0.1) is 27.5 Å². The fraction of sp³-hybridized carbons (Fsp3) is 0.176. The lowest BCUT2D eigenvalue weighted by atomic mass is 10.1. The largest absolute Gasteiger partial charge is 0.310 e. The van der Waals surface area contributed by atoms with Crippen molar-refractivity contribution in [3.8, 4) is 0 Å². The van der Waals surface area contributed by atoms with Crippen LogP contribution in [0.1, 0.15) is 12.5 Å². The minimum atomic E-state index is -0.145. The Hall–Kier alpha value is -2.04. The summed E-state index contributed by atoms with van der Waals surface area (Å²) in [4.78, 5) is 16.8. The Labute approximate surface area is 144 Å². The van der Waals surface area contributed by atoms with Crippen LogP contribution in [0, 0.1) is 0 Å². The van der Waals surface area contributed by atoms with Crippen LogP contribution in [0.15, 0.2) is 42.5 Å². The topological polar surface area (TPSA) is 46.9 Å². The second kappa shape index (κ2) is 6.60. The molecule has 0 fully saturated rings. The molecule has 1 N–H and O–H groups in total. The normalized spacial score (nSPS) is 10.9. The average Bonchev–Trinajstić information content (AvgIpc) is 2.87. The highest BCUT2D eigenvalue weighted by atomic mass is 35.5. The number of carbonyl (C=O) groups excluding carboxylic acids is 1. The van der Waals surface area contributed by atoms with Gasteiger partial charge >= 0.3 is 0 Å². The van der Waals surface area contributed by atoms with E-state index in [-0.39, 0.29) is 12.3 Å². The molecule has 118 valence electrons. The lowest BCUT2D eigenvalue weighted by Crippen LogP contribution is -2.17. The van der Waals surface area contributed by atoms with Crippen LogP contribution < -0.4 is 5.32 Å². The van der Waals surface area contributed by atoms with Crippen LogP contribution in [0.3, 0.4) is 0 Å². The molecule has 0 radical (unpaired) electrons. The number of nitrogens with zero attached hydrogens (tertiary/aromatic N) is 2. The van der Waals surface area contributed by atoms with E-state index in [9.17, 15) is 4.79 Å². The maximum atomic E-state index is 12.3. The van der Waals surface area contributed by atoms with E-state index >= 15 is 0 Å². The molecule has 0 saturated carbocycles. The van der Waals surface area contributed by atoms with Crippen molar-refractivity contribution in [1.29, 1.82) is 0 Å². The number of halogens is 2. The average molecular weight is 348 g/mol. The number of anilines is 1. The second-order valence-electron chi connectivity index (χ2n) is 5.14. The number of amides is 1. The smallest absolute Gasteiger partial charge is 0.231 e. The first-order chi connectivity index (χ1) is 11.1. The van der Waals surface area contributed by atoms with Gasteiger partial charge in [0.25, 0.3) is 0 Å². The summed E-state index contributed by atoms with van der Waals surface area (Å²) >= 11 is 11.9. The first kappa shape index (κ1) is 15.8. The van der Waals surface area contributed by atoms with Crippen molar-refractivity contribution < 1.29 is 4.79 Å². The lowest BCUT2D eigenvalue weighted by Gasteiger charge is -2.08. The third kappa shape index (κ3) is 3.33. The van der Waals surface area contributed by atoms with E-state index in [0.717, 1.165) is 23.1 Å². The van der Waals surface area contributed by atoms with Gasteiger partial charge in [-0.15, -0.1) is 0 Å². The van der Waals surface area contributed by atoms with Crippen LogP contribution in [0.25, 0.3) is 11.0 Å².